The highest BCUT2D eigenvalue weighted by molar-refractivity contribution is 6.32. The van der Waals surface area contributed by atoms with Crippen LogP contribution in [0.25, 0.3) is 22.0 Å². The number of ether oxygens (including phenoxy) is 1. The van der Waals surface area contributed by atoms with E-state index in [1.54, 1.807) is 12.1 Å². The summed E-state index contributed by atoms with van der Waals surface area (Å²) >= 11 is 6.19. The molecule has 152 valence electrons. The lowest BCUT2D eigenvalue weighted by Gasteiger charge is -2.29. The molecule has 0 radical (unpaired) electrons. The largest absolute Gasteiger partial charge is 0.503 e. The first-order valence-corrected chi connectivity index (χ1v) is 10.3. The van der Waals surface area contributed by atoms with E-state index < -0.39 is 0 Å². The number of rotatable bonds is 5. The molecule has 5 nitrogen and oxygen atoms in total. The third-order valence-electron chi connectivity index (χ3n) is 5.74. The van der Waals surface area contributed by atoms with Crippen LogP contribution in [-0.2, 0) is 0 Å². The lowest BCUT2D eigenvalue weighted by atomic mass is 9.97. The van der Waals surface area contributed by atoms with Crippen LogP contribution in [0.1, 0.15) is 12.8 Å². The van der Waals surface area contributed by atoms with Gasteiger partial charge in [-0.25, -0.2) is 0 Å². The Morgan fingerprint density at radius 3 is 2.72 bits per heavy atom. The maximum atomic E-state index is 10.0. The summed E-state index contributed by atoms with van der Waals surface area (Å²) in [6.45, 7) is 3.30. The van der Waals surface area contributed by atoms with Gasteiger partial charge in [-0.2, -0.15) is 0 Å². The second-order valence-electron chi connectivity index (χ2n) is 7.73. The molecule has 1 aromatic heterocycles. The summed E-state index contributed by atoms with van der Waals surface area (Å²) in [4.78, 5) is 6.90. The smallest absolute Gasteiger partial charge is 0.176 e. The molecule has 4 rings (SSSR count). The van der Waals surface area contributed by atoms with E-state index in [4.69, 9.17) is 16.3 Å². The predicted molar refractivity (Wildman–Crippen MR) is 119 cm³/mol. The van der Waals surface area contributed by atoms with Crippen molar-refractivity contribution >= 4 is 28.2 Å². The molecule has 1 aliphatic rings. The number of likely N-dealkylation sites (tertiary alicyclic amines) is 1. The van der Waals surface area contributed by atoms with E-state index in [-0.39, 0.29) is 10.8 Å². The van der Waals surface area contributed by atoms with Crippen LogP contribution in [-0.4, -0.2) is 48.8 Å². The maximum absolute atomic E-state index is 10.0. The fourth-order valence-corrected chi connectivity index (χ4v) is 4.11. The van der Waals surface area contributed by atoms with E-state index in [1.807, 2.05) is 24.4 Å². The number of nitrogens with one attached hydrogen (secondary N) is 1. The first-order chi connectivity index (χ1) is 14.0. The lowest BCUT2D eigenvalue weighted by molar-refractivity contribution is 0.226. The standard InChI is InChI=1S/C23H26ClN3O2/c1-27-9-6-15(7-10-27)14-26-21-5-8-25-20-4-3-16(11-18(20)21)17-12-19(24)23(28)22(13-17)29-2/h3-5,8,11-13,15,28H,6-7,9-10,14H2,1-2H3,(H,25,26). The van der Waals surface area contributed by atoms with E-state index in [1.165, 1.54) is 20.0 Å². The molecule has 0 aliphatic carbocycles. The SMILES string of the molecule is COc1cc(-c2ccc3nccc(NCC4CCN(C)CC4)c3c2)cc(Cl)c1O. The first kappa shape index (κ1) is 19.8. The van der Waals surface area contributed by atoms with Crippen molar-refractivity contribution in [3.8, 4) is 22.6 Å². The average molecular weight is 412 g/mol. The van der Waals surface area contributed by atoms with Crippen LogP contribution in [0.4, 0.5) is 5.69 Å². The lowest BCUT2D eigenvalue weighted by Crippen LogP contribution is -2.32. The summed E-state index contributed by atoms with van der Waals surface area (Å²) in [6.07, 6.45) is 4.30. The van der Waals surface area contributed by atoms with Gasteiger partial charge in [-0.05, 0) is 80.4 Å². The minimum absolute atomic E-state index is 0.0409. The van der Waals surface area contributed by atoms with E-state index in [9.17, 15) is 5.11 Å². The molecule has 3 aromatic rings. The number of halogens is 1. The van der Waals surface area contributed by atoms with Crippen LogP contribution in [0.2, 0.25) is 5.02 Å². The summed E-state index contributed by atoms with van der Waals surface area (Å²) in [5.74, 6) is 1.01. The summed E-state index contributed by atoms with van der Waals surface area (Å²) in [5.41, 5.74) is 3.91. The fraction of sp³-hybridized carbons (Fsp3) is 0.348. The molecule has 0 bridgehead atoms. The van der Waals surface area contributed by atoms with Crippen molar-refractivity contribution in [3.05, 3.63) is 47.6 Å². The number of methoxy groups -OCH3 is 1. The number of hydrogen-bond donors (Lipinski definition) is 2. The van der Waals surface area contributed by atoms with E-state index in [0.717, 1.165) is 47.4 Å². The topological polar surface area (TPSA) is 57.6 Å². The highest BCUT2D eigenvalue weighted by Gasteiger charge is 2.17. The number of pyridine rings is 1. The van der Waals surface area contributed by atoms with Gasteiger partial charge in [0.25, 0.3) is 0 Å². The Bertz CT molecular complexity index is 1020. The minimum Gasteiger partial charge on any atom is -0.503 e. The van der Waals surface area contributed by atoms with Crippen molar-refractivity contribution in [3.63, 3.8) is 0 Å². The zero-order valence-corrected chi connectivity index (χ0v) is 17.5. The Kier molecular flexibility index (Phi) is 5.79. The summed E-state index contributed by atoms with van der Waals surface area (Å²) < 4.78 is 5.25. The Morgan fingerprint density at radius 1 is 1.17 bits per heavy atom. The summed E-state index contributed by atoms with van der Waals surface area (Å²) in [5, 5.41) is 15.0. The van der Waals surface area contributed by atoms with Crippen molar-refractivity contribution in [2.75, 3.05) is 39.1 Å². The van der Waals surface area contributed by atoms with E-state index in [0.29, 0.717) is 11.7 Å². The molecule has 2 N–H and O–H groups in total. The normalized spacial score (nSPS) is 15.6. The van der Waals surface area contributed by atoms with Crippen molar-refractivity contribution in [2.24, 2.45) is 5.92 Å². The number of hydrogen-bond acceptors (Lipinski definition) is 5. The molecular formula is C23H26ClN3O2. The number of piperidine rings is 1. The molecule has 2 heterocycles. The Hall–Kier alpha value is -2.50. The molecule has 1 fully saturated rings. The number of aromatic nitrogens is 1. The van der Waals surface area contributed by atoms with Crippen LogP contribution in [0.5, 0.6) is 11.5 Å². The average Bonchev–Trinajstić information content (AvgIpc) is 2.74. The van der Waals surface area contributed by atoms with Gasteiger partial charge in [-0.1, -0.05) is 17.7 Å². The Morgan fingerprint density at radius 2 is 1.97 bits per heavy atom. The molecular weight excluding hydrogens is 386 g/mol. The summed E-state index contributed by atoms with van der Waals surface area (Å²) in [7, 11) is 3.71. The molecule has 0 unspecified atom stereocenters. The fourth-order valence-electron chi connectivity index (χ4n) is 3.90. The molecule has 0 amide bonds. The summed E-state index contributed by atoms with van der Waals surface area (Å²) in [6, 6.07) is 11.7. The van der Waals surface area contributed by atoms with Crippen LogP contribution >= 0.6 is 11.6 Å². The molecule has 6 heteroatoms. The van der Waals surface area contributed by atoms with Gasteiger partial charge in [-0.3, -0.25) is 4.98 Å². The number of aromatic hydroxyl groups is 1. The van der Waals surface area contributed by atoms with Gasteiger partial charge in [0.1, 0.15) is 0 Å². The second kappa shape index (κ2) is 8.47. The molecule has 0 spiro atoms. The van der Waals surface area contributed by atoms with Crippen molar-refractivity contribution in [2.45, 2.75) is 12.8 Å². The number of nitrogens with zero attached hydrogens (tertiary/aromatic N) is 2. The monoisotopic (exact) mass is 411 g/mol. The highest BCUT2D eigenvalue weighted by atomic mass is 35.5. The van der Waals surface area contributed by atoms with Crippen molar-refractivity contribution < 1.29 is 9.84 Å². The van der Waals surface area contributed by atoms with Crippen molar-refractivity contribution in [1.82, 2.24) is 9.88 Å². The highest BCUT2D eigenvalue weighted by Crippen LogP contribution is 2.39. The molecule has 0 saturated carbocycles. The van der Waals surface area contributed by atoms with Gasteiger partial charge in [0.05, 0.1) is 17.6 Å². The van der Waals surface area contributed by atoms with Gasteiger partial charge in [0.2, 0.25) is 0 Å². The van der Waals surface area contributed by atoms with Crippen LogP contribution in [0.15, 0.2) is 42.6 Å². The van der Waals surface area contributed by atoms with Gasteiger partial charge < -0.3 is 20.1 Å². The van der Waals surface area contributed by atoms with Gasteiger partial charge >= 0.3 is 0 Å². The Balaban J connectivity index is 1.63. The zero-order chi connectivity index (χ0) is 20.4. The third kappa shape index (κ3) is 4.26. The minimum atomic E-state index is -0.0409. The Labute approximate surface area is 176 Å². The zero-order valence-electron chi connectivity index (χ0n) is 16.8. The van der Waals surface area contributed by atoms with Gasteiger partial charge in [0.15, 0.2) is 11.5 Å². The number of fused-ring (bicyclic) bond motifs is 1. The van der Waals surface area contributed by atoms with Gasteiger partial charge in [0, 0.05) is 23.8 Å². The molecule has 0 atom stereocenters. The van der Waals surface area contributed by atoms with Crippen LogP contribution in [0.3, 0.4) is 0 Å². The van der Waals surface area contributed by atoms with Crippen LogP contribution in [0, 0.1) is 5.92 Å². The number of phenols is 1. The second-order valence-corrected chi connectivity index (χ2v) is 8.13. The molecule has 2 aromatic carbocycles. The van der Waals surface area contributed by atoms with Gasteiger partial charge in [-0.15, -0.1) is 0 Å². The van der Waals surface area contributed by atoms with Crippen molar-refractivity contribution in [1.29, 1.82) is 0 Å². The van der Waals surface area contributed by atoms with E-state index in [2.05, 4.69) is 28.3 Å². The number of benzene rings is 2. The van der Waals surface area contributed by atoms with Crippen LogP contribution < -0.4 is 10.1 Å². The molecule has 29 heavy (non-hydrogen) atoms. The molecule has 1 saturated heterocycles. The number of anilines is 1. The maximum Gasteiger partial charge on any atom is 0.176 e. The van der Waals surface area contributed by atoms with E-state index >= 15 is 0 Å². The predicted octanol–water partition coefficient (Wildman–Crippen LogP) is 5.02. The quantitative estimate of drug-likeness (QED) is 0.617. The number of phenolic OH excluding ortho intramolecular Hbond substituents is 1. The third-order valence-corrected chi connectivity index (χ3v) is 6.03. The first-order valence-electron chi connectivity index (χ1n) is 9.93. The molecule has 1 aliphatic heterocycles.